The number of hydrazine groups is 1. The summed E-state index contributed by atoms with van der Waals surface area (Å²) in [5.74, 6) is 4.56. The molecule has 19 heavy (non-hydrogen) atoms. The van der Waals surface area contributed by atoms with Gasteiger partial charge in [-0.1, -0.05) is 0 Å². The van der Waals surface area contributed by atoms with Gasteiger partial charge in [0.2, 0.25) is 0 Å². The molecule has 0 aromatic heterocycles. The molecule has 1 rings (SSSR count). The summed E-state index contributed by atoms with van der Waals surface area (Å²) in [7, 11) is 1.51. The second kappa shape index (κ2) is 6.83. The summed E-state index contributed by atoms with van der Waals surface area (Å²) in [4.78, 5) is 0. The van der Waals surface area contributed by atoms with Gasteiger partial charge in [-0.25, -0.2) is 4.39 Å². The van der Waals surface area contributed by atoms with E-state index in [4.69, 9.17) is 10.6 Å². The maximum Gasteiger partial charge on any atom is 0.416 e. The van der Waals surface area contributed by atoms with E-state index in [1.807, 2.05) is 0 Å². The standard InChI is InChI=1S/C12H16F4N2O/c1-19-6-2-3-11(18-17)9-7-8(12(14,15)16)4-5-10(9)13/h4-5,7,11,18H,2-3,6,17H2,1H3. The second-order valence-electron chi connectivity index (χ2n) is 4.09. The lowest BCUT2D eigenvalue weighted by Crippen LogP contribution is -2.29. The van der Waals surface area contributed by atoms with Crippen molar-refractivity contribution in [3.05, 3.63) is 35.1 Å². The average molecular weight is 280 g/mol. The summed E-state index contributed by atoms with van der Waals surface area (Å²) in [6.45, 7) is 0.429. The van der Waals surface area contributed by atoms with Crippen molar-refractivity contribution in [2.24, 2.45) is 5.84 Å². The first-order valence-electron chi connectivity index (χ1n) is 5.72. The number of hydrogen-bond donors (Lipinski definition) is 2. The van der Waals surface area contributed by atoms with Crippen LogP contribution >= 0.6 is 0 Å². The van der Waals surface area contributed by atoms with E-state index in [9.17, 15) is 17.6 Å². The monoisotopic (exact) mass is 280 g/mol. The summed E-state index contributed by atoms with van der Waals surface area (Å²) in [6, 6.07) is 1.62. The number of nitrogens with one attached hydrogen (secondary N) is 1. The third-order valence-corrected chi connectivity index (χ3v) is 2.74. The summed E-state index contributed by atoms with van der Waals surface area (Å²) < 4.78 is 56.2. The lowest BCUT2D eigenvalue weighted by molar-refractivity contribution is -0.137. The number of hydrogen-bond acceptors (Lipinski definition) is 3. The molecule has 0 fully saturated rings. The predicted molar refractivity (Wildman–Crippen MR) is 62.6 cm³/mol. The van der Waals surface area contributed by atoms with E-state index in [0.29, 0.717) is 25.5 Å². The Hall–Kier alpha value is -1.18. The largest absolute Gasteiger partial charge is 0.416 e. The molecule has 0 saturated heterocycles. The van der Waals surface area contributed by atoms with Gasteiger partial charge in [0, 0.05) is 25.3 Å². The normalized spacial score (nSPS) is 13.6. The van der Waals surface area contributed by atoms with Crippen LogP contribution < -0.4 is 11.3 Å². The summed E-state index contributed by atoms with van der Waals surface area (Å²) >= 11 is 0. The SMILES string of the molecule is COCCCC(NN)c1cc(C(F)(F)F)ccc1F. The number of rotatable bonds is 6. The molecule has 1 aromatic rings. The van der Waals surface area contributed by atoms with Crippen molar-refractivity contribution in [3.8, 4) is 0 Å². The number of ether oxygens (including phenoxy) is 1. The number of halogens is 4. The van der Waals surface area contributed by atoms with Crippen LogP contribution in [0.5, 0.6) is 0 Å². The number of alkyl halides is 3. The average Bonchev–Trinajstić information content (AvgIpc) is 2.34. The Morgan fingerprint density at radius 3 is 2.58 bits per heavy atom. The van der Waals surface area contributed by atoms with Gasteiger partial charge in [0.1, 0.15) is 5.82 Å². The van der Waals surface area contributed by atoms with Crippen LogP contribution in [-0.4, -0.2) is 13.7 Å². The second-order valence-corrected chi connectivity index (χ2v) is 4.09. The minimum atomic E-state index is -4.51. The fourth-order valence-electron chi connectivity index (χ4n) is 1.75. The topological polar surface area (TPSA) is 47.3 Å². The van der Waals surface area contributed by atoms with Crippen molar-refractivity contribution in [1.29, 1.82) is 0 Å². The number of methoxy groups -OCH3 is 1. The molecule has 0 aliphatic rings. The first-order valence-corrected chi connectivity index (χ1v) is 5.72. The molecule has 1 unspecified atom stereocenters. The van der Waals surface area contributed by atoms with E-state index in [1.54, 1.807) is 0 Å². The highest BCUT2D eigenvalue weighted by atomic mass is 19.4. The minimum Gasteiger partial charge on any atom is -0.385 e. The van der Waals surface area contributed by atoms with Crippen LogP contribution in [0.25, 0.3) is 0 Å². The highest BCUT2D eigenvalue weighted by molar-refractivity contribution is 5.29. The quantitative estimate of drug-likeness (QED) is 0.364. The van der Waals surface area contributed by atoms with E-state index in [1.165, 1.54) is 7.11 Å². The molecule has 0 spiro atoms. The first kappa shape index (κ1) is 15.9. The van der Waals surface area contributed by atoms with Crippen LogP contribution in [0.3, 0.4) is 0 Å². The molecule has 108 valence electrons. The maximum atomic E-state index is 13.6. The van der Waals surface area contributed by atoms with Crippen molar-refractivity contribution in [2.75, 3.05) is 13.7 Å². The summed E-state index contributed by atoms with van der Waals surface area (Å²) in [5, 5.41) is 0. The van der Waals surface area contributed by atoms with E-state index in [-0.39, 0.29) is 5.56 Å². The van der Waals surface area contributed by atoms with Crippen LogP contribution in [0.15, 0.2) is 18.2 Å². The number of nitrogens with two attached hydrogens (primary N) is 1. The van der Waals surface area contributed by atoms with Crippen molar-refractivity contribution in [1.82, 2.24) is 5.43 Å². The van der Waals surface area contributed by atoms with Gasteiger partial charge in [-0.05, 0) is 31.0 Å². The molecule has 1 aromatic carbocycles. The van der Waals surface area contributed by atoms with Crippen LogP contribution in [0.2, 0.25) is 0 Å². The molecule has 1 atom stereocenters. The molecule has 0 bridgehead atoms. The van der Waals surface area contributed by atoms with Crippen molar-refractivity contribution < 1.29 is 22.3 Å². The van der Waals surface area contributed by atoms with Gasteiger partial charge in [0.15, 0.2) is 0 Å². The van der Waals surface area contributed by atoms with E-state index in [0.717, 1.165) is 12.1 Å². The zero-order valence-electron chi connectivity index (χ0n) is 10.4. The molecule has 0 radical (unpaired) electrons. The van der Waals surface area contributed by atoms with E-state index < -0.39 is 23.6 Å². The lowest BCUT2D eigenvalue weighted by Gasteiger charge is -2.18. The highest BCUT2D eigenvalue weighted by Crippen LogP contribution is 2.32. The maximum absolute atomic E-state index is 13.6. The van der Waals surface area contributed by atoms with Gasteiger partial charge in [0.05, 0.1) is 5.56 Å². The molecule has 0 aliphatic heterocycles. The molecule has 3 nitrogen and oxygen atoms in total. The lowest BCUT2D eigenvalue weighted by atomic mass is 9.99. The molecule has 0 heterocycles. The molecule has 0 aliphatic carbocycles. The summed E-state index contributed by atoms with van der Waals surface area (Å²) in [6.07, 6.45) is -3.57. The zero-order valence-corrected chi connectivity index (χ0v) is 10.4. The first-order chi connectivity index (χ1) is 8.90. The number of benzene rings is 1. The molecule has 0 amide bonds. The smallest absolute Gasteiger partial charge is 0.385 e. The zero-order chi connectivity index (χ0) is 14.5. The Kier molecular flexibility index (Phi) is 5.71. The van der Waals surface area contributed by atoms with Gasteiger partial charge in [-0.3, -0.25) is 11.3 Å². The van der Waals surface area contributed by atoms with E-state index >= 15 is 0 Å². The van der Waals surface area contributed by atoms with Crippen LogP contribution in [0, 0.1) is 5.82 Å². The molecule has 0 saturated carbocycles. The third-order valence-electron chi connectivity index (χ3n) is 2.74. The van der Waals surface area contributed by atoms with Crippen molar-refractivity contribution in [3.63, 3.8) is 0 Å². The van der Waals surface area contributed by atoms with Crippen molar-refractivity contribution >= 4 is 0 Å². The summed E-state index contributed by atoms with van der Waals surface area (Å²) in [5.41, 5.74) is 1.35. The molecular weight excluding hydrogens is 264 g/mol. The van der Waals surface area contributed by atoms with Gasteiger partial charge in [-0.2, -0.15) is 13.2 Å². The predicted octanol–water partition coefficient (Wildman–Crippen LogP) is 2.78. The Morgan fingerprint density at radius 1 is 1.37 bits per heavy atom. The van der Waals surface area contributed by atoms with Crippen LogP contribution in [0.1, 0.15) is 30.0 Å². The van der Waals surface area contributed by atoms with Gasteiger partial charge < -0.3 is 4.74 Å². The Balaban J connectivity index is 2.95. The molecule has 3 N–H and O–H groups in total. The van der Waals surface area contributed by atoms with Gasteiger partial charge >= 0.3 is 6.18 Å². The van der Waals surface area contributed by atoms with Gasteiger partial charge in [0.25, 0.3) is 0 Å². The van der Waals surface area contributed by atoms with Gasteiger partial charge in [-0.15, -0.1) is 0 Å². The molecular formula is C12H16F4N2O. The molecule has 7 heteroatoms. The van der Waals surface area contributed by atoms with Crippen molar-refractivity contribution in [2.45, 2.75) is 25.1 Å². The Labute approximate surface area is 108 Å². The minimum absolute atomic E-state index is 0.0894. The van der Waals surface area contributed by atoms with E-state index in [2.05, 4.69) is 5.43 Å². The van der Waals surface area contributed by atoms with Crippen LogP contribution in [-0.2, 0) is 10.9 Å². The Morgan fingerprint density at radius 2 is 2.05 bits per heavy atom. The fourth-order valence-corrected chi connectivity index (χ4v) is 1.75. The fraction of sp³-hybridized carbons (Fsp3) is 0.500. The Bertz CT molecular complexity index is 409. The van der Waals surface area contributed by atoms with Crippen LogP contribution in [0.4, 0.5) is 17.6 Å². The third kappa shape index (κ3) is 4.45. The highest BCUT2D eigenvalue weighted by Gasteiger charge is 2.31.